The molecular weight excluding hydrogens is 248 g/mol. The predicted molar refractivity (Wildman–Crippen MR) is 54.9 cm³/mol. The Bertz CT molecular complexity index is 290. The number of rotatable bonds is 2. The Balaban J connectivity index is 0. The van der Waals surface area contributed by atoms with E-state index in [-0.39, 0.29) is 0 Å². The second-order valence-electron chi connectivity index (χ2n) is 1.83. The van der Waals surface area contributed by atoms with Crippen LogP contribution in [0.25, 0.3) is 0 Å². The van der Waals surface area contributed by atoms with E-state index in [1.165, 1.54) is 0 Å². The van der Waals surface area contributed by atoms with Crippen molar-refractivity contribution in [2.24, 2.45) is 0 Å². The van der Waals surface area contributed by atoms with E-state index >= 15 is 0 Å². The molecule has 0 saturated heterocycles. The van der Waals surface area contributed by atoms with Crippen molar-refractivity contribution in [3.63, 3.8) is 0 Å². The van der Waals surface area contributed by atoms with E-state index in [0.717, 1.165) is 12.2 Å². The molecule has 0 atom stereocenters. The first-order valence-corrected chi connectivity index (χ1v) is 4.53. The fourth-order valence-corrected chi connectivity index (χ4v) is 0.467. The topological polar surface area (TPSA) is 86.7 Å². The molecule has 0 spiro atoms. The lowest BCUT2D eigenvalue weighted by Crippen LogP contribution is -2.06. The molecule has 8 heteroatoms. The van der Waals surface area contributed by atoms with Crippen LogP contribution in [0.4, 0.5) is 9.59 Å². The van der Waals surface area contributed by atoms with Crippen LogP contribution in [0.1, 0.15) is 0 Å². The van der Waals surface area contributed by atoms with E-state index < -0.39 is 23.1 Å². The van der Waals surface area contributed by atoms with Gasteiger partial charge in [0.1, 0.15) is 0 Å². The van der Waals surface area contributed by atoms with Crippen molar-refractivity contribution in [3.05, 3.63) is 25.3 Å². The van der Waals surface area contributed by atoms with Gasteiger partial charge < -0.3 is 9.47 Å². The number of carbonyl (C=O) groups is 4. The Kier molecular flexibility index (Phi) is 10.1. The van der Waals surface area contributed by atoms with Crippen LogP contribution in [-0.2, 0) is 19.1 Å². The molecule has 0 rings (SSSR count). The van der Waals surface area contributed by atoms with Crippen molar-refractivity contribution in [2.75, 3.05) is 0 Å². The van der Waals surface area contributed by atoms with Crippen LogP contribution in [0.15, 0.2) is 25.3 Å². The predicted octanol–water partition coefficient (Wildman–Crippen LogP) is 0.00820. The first-order chi connectivity index (χ1) is 7.33. The first-order valence-electron chi connectivity index (χ1n) is 3.53. The molecule has 6 nitrogen and oxygen atoms in total. The molecule has 0 amide bonds. The van der Waals surface area contributed by atoms with Crippen molar-refractivity contribution in [2.45, 2.75) is 0 Å². The third kappa shape index (κ3) is 14.7. The summed E-state index contributed by atoms with van der Waals surface area (Å²) in [4.78, 5) is 39.7. The largest absolute Gasteiger partial charge is 0.395 e. The number of esters is 2. The number of hydrogen-bond acceptors (Lipinski definition) is 6. The molecule has 6 radical (unpaired) electrons. The van der Waals surface area contributed by atoms with Gasteiger partial charge in [-0.1, -0.05) is 13.2 Å². The molecule has 0 aliphatic carbocycles. The summed E-state index contributed by atoms with van der Waals surface area (Å²) in [5.41, 5.74) is -1.62. The van der Waals surface area contributed by atoms with Gasteiger partial charge in [0.15, 0.2) is 20.5 Å². The third-order valence-corrected chi connectivity index (χ3v) is 0.924. The van der Waals surface area contributed by atoms with Gasteiger partial charge >= 0.3 is 11.9 Å². The summed E-state index contributed by atoms with van der Waals surface area (Å²) in [5.74, 6) is -1.52. The minimum Gasteiger partial charge on any atom is -0.395 e. The average Bonchev–Trinajstić information content (AvgIpc) is 2.16. The average molecular weight is 254 g/mol. The quantitative estimate of drug-likeness (QED) is 0.298. The van der Waals surface area contributed by atoms with Crippen LogP contribution in [0.5, 0.6) is 0 Å². The van der Waals surface area contributed by atoms with Gasteiger partial charge in [0, 0.05) is 12.2 Å². The monoisotopic (exact) mass is 254 g/mol. The lowest BCUT2D eigenvalue weighted by molar-refractivity contribution is -0.132. The smallest absolute Gasteiger partial charge is 0.337 e. The molecule has 0 unspecified atom stereocenters. The molecule has 0 aromatic heterocycles. The summed E-state index contributed by atoms with van der Waals surface area (Å²) in [6, 6.07) is 0. The zero-order chi connectivity index (χ0) is 13.1. The summed E-state index contributed by atoms with van der Waals surface area (Å²) in [6.07, 6.45) is 1.80. The van der Waals surface area contributed by atoms with Gasteiger partial charge in [0.2, 0.25) is 0 Å². The third-order valence-electron chi connectivity index (χ3n) is 0.720. The van der Waals surface area contributed by atoms with Crippen LogP contribution < -0.4 is 0 Å². The molecule has 0 heterocycles. The Morgan fingerprint density at radius 3 is 1.12 bits per heavy atom. The molecule has 82 valence electrons. The Labute approximate surface area is 98.1 Å². The second-order valence-corrected chi connectivity index (χ2v) is 2.64. The van der Waals surface area contributed by atoms with Gasteiger partial charge in [-0.05, 0) is 0 Å². The molecule has 0 N–H and O–H groups in total. The van der Waals surface area contributed by atoms with Crippen molar-refractivity contribution in [1.82, 2.24) is 0 Å². The highest BCUT2D eigenvalue weighted by molar-refractivity contribution is 6.56. The SMILES string of the molecule is C=CC(=O)OC(=O)[Si].C=CC(=O)OC(=O)[Si]. The van der Waals surface area contributed by atoms with Gasteiger partial charge in [-0.25, -0.2) is 9.59 Å². The fraction of sp³-hybridized carbons (Fsp3) is 0. The first kappa shape index (κ1) is 16.6. The van der Waals surface area contributed by atoms with Crippen molar-refractivity contribution in [3.8, 4) is 0 Å². The molecule has 0 aliphatic rings. The van der Waals surface area contributed by atoms with Crippen molar-refractivity contribution < 1.29 is 28.7 Å². The molecule has 0 aliphatic heterocycles. The van der Waals surface area contributed by atoms with E-state index in [1.807, 2.05) is 0 Å². The molecule has 0 aromatic rings. The maximum atomic E-state index is 10.0. The van der Waals surface area contributed by atoms with Gasteiger partial charge in [-0.3, -0.25) is 9.59 Å². The lowest BCUT2D eigenvalue weighted by atomic mass is 10.7. The van der Waals surface area contributed by atoms with E-state index in [1.54, 1.807) is 0 Å². The highest BCUT2D eigenvalue weighted by atomic mass is 28.1. The lowest BCUT2D eigenvalue weighted by Gasteiger charge is -1.89. The standard InChI is InChI=1S/2C4H3O3Si/c2*1-2-3(5)7-4(6)8/h2*2H,1H2. The Morgan fingerprint density at radius 1 is 0.812 bits per heavy atom. The maximum Gasteiger partial charge on any atom is 0.337 e. The van der Waals surface area contributed by atoms with Gasteiger partial charge in [-0.2, -0.15) is 0 Å². The minimum atomic E-state index is -0.810. The summed E-state index contributed by atoms with van der Waals surface area (Å²) >= 11 is 0. The molecule has 0 bridgehead atoms. The zero-order valence-corrected chi connectivity index (χ0v) is 10.0. The Hall–Kier alpha value is -1.81. The highest BCUT2D eigenvalue weighted by Gasteiger charge is 1.97. The van der Waals surface area contributed by atoms with Crippen LogP contribution in [0.2, 0.25) is 0 Å². The summed E-state index contributed by atoms with van der Waals surface area (Å²) in [5, 5.41) is 0. The highest BCUT2D eigenvalue weighted by Crippen LogP contribution is 1.77. The van der Waals surface area contributed by atoms with E-state index in [2.05, 4.69) is 43.1 Å². The molecule has 0 saturated carbocycles. The summed E-state index contributed by atoms with van der Waals surface area (Å²) in [7, 11) is 4.86. The van der Waals surface area contributed by atoms with Crippen molar-refractivity contribution in [1.29, 1.82) is 0 Å². The van der Waals surface area contributed by atoms with Gasteiger partial charge in [-0.15, -0.1) is 0 Å². The second kappa shape index (κ2) is 9.74. The van der Waals surface area contributed by atoms with Gasteiger partial charge in [0.25, 0.3) is 11.2 Å². The van der Waals surface area contributed by atoms with Gasteiger partial charge in [0.05, 0.1) is 0 Å². The normalized spacial score (nSPS) is 7.62. The van der Waals surface area contributed by atoms with Crippen LogP contribution >= 0.6 is 0 Å². The van der Waals surface area contributed by atoms with Crippen LogP contribution in [0, 0.1) is 0 Å². The molecule has 0 fully saturated rings. The van der Waals surface area contributed by atoms with E-state index in [0.29, 0.717) is 0 Å². The van der Waals surface area contributed by atoms with E-state index in [4.69, 9.17) is 0 Å². The van der Waals surface area contributed by atoms with Crippen molar-refractivity contribution >= 4 is 43.6 Å². The number of hydrogen-bond donors (Lipinski definition) is 0. The molecule has 16 heavy (non-hydrogen) atoms. The summed E-state index contributed by atoms with van der Waals surface area (Å²) in [6.45, 7) is 6.13. The van der Waals surface area contributed by atoms with E-state index in [9.17, 15) is 19.2 Å². The molecular formula is C8H6O6Si2. The minimum absolute atomic E-state index is 0.759. The fourth-order valence-electron chi connectivity index (χ4n) is 0.266. The zero-order valence-electron chi connectivity index (χ0n) is 8.02. The number of ether oxygens (including phenoxy) is 2. The maximum absolute atomic E-state index is 10.0. The van der Waals surface area contributed by atoms with Crippen LogP contribution in [-0.4, -0.2) is 43.6 Å². The van der Waals surface area contributed by atoms with Crippen LogP contribution in [0.3, 0.4) is 0 Å². The molecule has 0 aromatic carbocycles. The number of carbonyl (C=O) groups excluding carboxylic acids is 4. The summed E-state index contributed by atoms with van der Waals surface area (Å²) < 4.78 is 7.83. The Morgan fingerprint density at radius 2 is 1.06 bits per heavy atom.